The van der Waals surface area contributed by atoms with Gasteiger partial charge in [-0.2, -0.15) is 18.2 Å². The van der Waals surface area contributed by atoms with Crippen LogP contribution in [0.25, 0.3) is 11.5 Å². The first-order valence-electron chi connectivity index (χ1n) is 6.78. The van der Waals surface area contributed by atoms with Crippen molar-refractivity contribution in [3.8, 4) is 17.4 Å². The van der Waals surface area contributed by atoms with Gasteiger partial charge in [-0.05, 0) is 24.3 Å². The third kappa shape index (κ3) is 3.59. The van der Waals surface area contributed by atoms with Crippen molar-refractivity contribution in [3.05, 3.63) is 46.6 Å². The number of rotatable bonds is 4. The minimum Gasteiger partial charge on any atom is -0.480 e. The van der Waals surface area contributed by atoms with E-state index in [0.717, 1.165) is 12.1 Å². The van der Waals surface area contributed by atoms with Crippen molar-refractivity contribution < 1.29 is 22.4 Å². The number of H-pyrrole nitrogens is 1. The summed E-state index contributed by atoms with van der Waals surface area (Å²) in [5.41, 5.74) is -0.329. The molecule has 11 heteroatoms. The summed E-state index contributed by atoms with van der Waals surface area (Å²) in [6, 6.07) is 4.32. The number of ether oxygens (including phenoxy) is 1. The van der Waals surface area contributed by atoms with Gasteiger partial charge in [0.2, 0.25) is 11.7 Å². The van der Waals surface area contributed by atoms with Crippen LogP contribution >= 0.6 is 0 Å². The van der Waals surface area contributed by atoms with Crippen molar-refractivity contribution in [2.75, 3.05) is 12.4 Å². The molecule has 0 aliphatic rings. The van der Waals surface area contributed by atoms with Crippen LogP contribution in [0.3, 0.4) is 0 Å². The molecule has 2 N–H and O–H groups in total. The molecule has 1 aromatic carbocycles. The molecule has 130 valence electrons. The number of methoxy groups -OCH3 is 1. The Hall–Kier alpha value is -3.37. The summed E-state index contributed by atoms with van der Waals surface area (Å²) in [7, 11) is 1.38. The Balaban J connectivity index is 1.97. The number of nitrogens with one attached hydrogen (secondary N) is 2. The molecular weight excluding hydrogens is 343 g/mol. The highest BCUT2D eigenvalue weighted by molar-refractivity contribution is 5.71. The molecule has 2 aromatic heterocycles. The van der Waals surface area contributed by atoms with Gasteiger partial charge in [-0.3, -0.25) is 9.51 Å². The standard InChI is InChI=1S/C14H10F3N5O3/c1-24-9-6-18-10(12-21-13(23)25-22-12)11(20-9)19-8-4-2-7(3-5-8)14(15,16)17/h2-6H,1H3,(H,19,20)(H,21,22,23). The van der Waals surface area contributed by atoms with Gasteiger partial charge in [-0.25, -0.2) is 9.78 Å². The maximum absolute atomic E-state index is 12.6. The minimum absolute atomic E-state index is 0.00886. The molecule has 0 amide bonds. The second-order valence-electron chi connectivity index (χ2n) is 4.75. The lowest BCUT2D eigenvalue weighted by atomic mass is 10.2. The maximum atomic E-state index is 12.6. The van der Waals surface area contributed by atoms with Crippen molar-refractivity contribution in [2.45, 2.75) is 6.18 Å². The lowest BCUT2D eigenvalue weighted by Gasteiger charge is -2.11. The van der Waals surface area contributed by atoms with E-state index in [4.69, 9.17) is 4.74 Å². The number of alkyl halides is 3. The van der Waals surface area contributed by atoms with Crippen molar-refractivity contribution in [1.82, 2.24) is 20.1 Å². The van der Waals surface area contributed by atoms with E-state index in [-0.39, 0.29) is 23.2 Å². The molecule has 3 rings (SSSR count). The normalized spacial score (nSPS) is 11.4. The van der Waals surface area contributed by atoms with Crippen molar-refractivity contribution in [3.63, 3.8) is 0 Å². The number of benzene rings is 1. The van der Waals surface area contributed by atoms with Gasteiger partial charge < -0.3 is 10.1 Å². The lowest BCUT2D eigenvalue weighted by Crippen LogP contribution is -2.05. The number of anilines is 2. The fourth-order valence-corrected chi connectivity index (χ4v) is 1.94. The van der Waals surface area contributed by atoms with Crippen molar-refractivity contribution in [2.24, 2.45) is 0 Å². The highest BCUT2D eigenvalue weighted by Gasteiger charge is 2.30. The van der Waals surface area contributed by atoms with Crippen LogP contribution in [-0.2, 0) is 6.18 Å². The topological polar surface area (TPSA) is 106 Å². The van der Waals surface area contributed by atoms with E-state index in [0.29, 0.717) is 5.69 Å². The zero-order valence-corrected chi connectivity index (χ0v) is 12.6. The van der Waals surface area contributed by atoms with Crippen LogP contribution in [0.15, 0.2) is 39.8 Å². The van der Waals surface area contributed by atoms with Gasteiger partial charge in [0.1, 0.15) is 0 Å². The molecule has 0 aliphatic carbocycles. The molecule has 0 atom stereocenters. The van der Waals surface area contributed by atoms with Crippen LogP contribution in [0.4, 0.5) is 24.7 Å². The van der Waals surface area contributed by atoms with Crippen LogP contribution in [-0.4, -0.2) is 27.2 Å². The number of hydrogen-bond donors (Lipinski definition) is 2. The predicted octanol–water partition coefficient (Wildman–Crippen LogP) is 2.59. The summed E-state index contributed by atoms with van der Waals surface area (Å²) in [6.45, 7) is 0. The highest BCUT2D eigenvalue weighted by Crippen LogP contribution is 2.31. The van der Waals surface area contributed by atoms with E-state index in [1.807, 2.05) is 0 Å². The van der Waals surface area contributed by atoms with Crippen LogP contribution in [0.2, 0.25) is 0 Å². The van der Waals surface area contributed by atoms with Gasteiger partial charge in [-0.15, -0.1) is 0 Å². The third-order valence-corrected chi connectivity index (χ3v) is 3.10. The second-order valence-corrected chi connectivity index (χ2v) is 4.75. The Morgan fingerprint density at radius 3 is 2.52 bits per heavy atom. The van der Waals surface area contributed by atoms with Gasteiger partial charge >= 0.3 is 11.9 Å². The average Bonchev–Trinajstić information content (AvgIpc) is 3.00. The largest absolute Gasteiger partial charge is 0.480 e. The van der Waals surface area contributed by atoms with Gasteiger partial charge in [0.25, 0.3) is 0 Å². The number of hydrogen-bond acceptors (Lipinski definition) is 7. The summed E-state index contributed by atoms with van der Waals surface area (Å²) in [6.07, 6.45) is -3.14. The van der Waals surface area contributed by atoms with E-state index in [1.165, 1.54) is 25.4 Å². The Kier molecular flexibility index (Phi) is 4.13. The monoisotopic (exact) mass is 353 g/mol. The van der Waals surface area contributed by atoms with E-state index in [9.17, 15) is 18.0 Å². The minimum atomic E-state index is -4.43. The van der Waals surface area contributed by atoms with Crippen LogP contribution in [0.1, 0.15) is 5.56 Å². The van der Waals surface area contributed by atoms with E-state index in [1.54, 1.807) is 0 Å². The third-order valence-electron chi connectivity index (χ3n) is 3.10. The fourth-order valence-electron chi connectivity index (χ4n) is 1.94. The fraction of sp³-hybridized carbons (Fsp3) is 0.143. The molecule has 0 saturated heterocycles. The molecule has 0 radical (unpaired) electrons. The van der Waals surface area contributed by atoms with Crippen LogP contribution in [0, 0.1) is 0 Å². The highest BCUT2D eigenvalue weighted by atomic mass is 19.4. The van der Waals surface area contributed by atoms with Gasteiger partial charge in [-0.1, -0.05) is 5.16 Å². The Morgan fingerprint density at radius 2 is 1.96 bits per heavy atom. The molecule has 8 nitrogen and oxygen atoms in total. The molecular formula is C14H10F3N5O3. The number of halogens is 3. The summed E-state index contributed by atoms with van der Waals surface area (Å²) in [5.74, 6) is -0.504. The second kappa shape index (κ2) is 6.26. The smallest absolute Gasteiger partial charge is 0.439 e. The van der Waals surface area contributed by atoms with E-state index in [2.05, 4.69) is 29.9 Å². The summed E-state index contributed by atoms with van der Waals surface area (Å²) in [5, 5.41) is 6.32. The molecule has 3 aromatic rings. The number of nitrogens with zero attached hydrogens (tertiary/aromatic N) is 3. The van der Waals surface area contributed by atoms with Crippen molar-refractivity contribution >= 4 is 11.5 Å². The summed E-state index contributed by atoms with van der Waals surface area (Å²) >= 11 is 0. The number of aromatic amines is 1. The average molecular weight is 353 g/mol. The molecule has 0 fully saturated rings. The zero-order valence-electron chi connectivity index (χ0n) is 12.6. The number of aromatic nitrogens is 4. The molecule has 25 heavy (non-hydrogen) atoms. The Labute approximate surface area is 137 Å². The predicted molar refractivity (Wildman–Crippen MR) is 79.4 cm³/mol. The first kappa shape index (κ1) is 16.5. The summed E-state index contributed by atoms with van der Waals surface area (Å²) in [4.78, 5) is 21.6. The lowest BCUT2D eigenvalue weighted by molar-refractivity contribution is -0.137. The first-order chi connectivity index (χ1) is 11.9. The van der Waals surface area contributed by atoms with Gasteiger partial charge in [0.05, 0.1) is 18.9 Å². The molecule has 0 unspecified atom stereocenters. The van der Waals surface area contributed by atoms with E-state index >= 15 is 0 Å². The molecule has 2 heterocycles. The van der Waals surface area contributed by atoms with Gasteiger partial charge in [0, 0.05) is 5.69 Å². The molecule has 0 bridgehead atoms. The Bertz CT molecular complexity index is 934. The van der Waals surface area contributed by atoms with E-state index < -0.39 is 17.5 Å². The molecule has 0 aliphatic heterocycles. The van der Waals surface area contributed by atoms with Crippen molar-refractivity contribution in [1.29, 1.82) is 0 Å². The quantitative estimate of drug-likeness (QED) is 0.742. The molecule has 0 saturated carbocycles. The maximum Gasteiger partial charge on any atom is 0.439 e. The van der Waals surface area contributed by atoms with Crippen LogP contribution < -0.4 is 15.8 Å². The molecule has 0 spiro atoms. The van der Waals surface area contributed by atoms with Gasteiger partial charge in [0.15, 0.2) is 11.5 Å². The SMILES string of the molecule is COc1cnc(-c2noc(=O)[nH]2)c(Nc2ccc(C(F)(F)F)cc2)n1. The summed E-state index contributed by atoms with van der Waals surface area (Å²) < 4.78 is 47.3. The zero-order chi connectivity index (χ0) is 18.0. The first-order valence-corrected chi connectivity index (χ1v) is 6.78. The Morgan fingerprint density at radius 1 is 1.24 bits per heavy atom. The van der Waals surface area contributed by atoms with Crippen LogP contribution in [0.5, 0.6) is 5.88 Å².